The van der Waals surface area contributed by atoms with E-state index in [1.165, 1.54) is 71.0 Å². The maximum absolute atomic E-state index is 3.87. The van der Waals surface area contributed by atoms with Crippen LogP contribution in [0.5, 0.6) is 0 Å². The Balaban J connectivity index is 1.92. The van der Waals surface area contributed by atoms with Crippen LogP contribution in [0, 0.1) is 11.8 Å². The first kappa shape index (κ1) is 17.3. The summed E-state index contributed by atoms with van der Waals surface area (Å²) in [6, 6.07) is 0.764. The molecule has 2 nitrogen and oxygen atoms in total. The molecule has 1 N–H and O–H groups in total. The van der Waals surface area contributed by atoms with Crippen molar-refractivity contribution in [2.24, 2.45) is 11.8 Å². The lowest BCUT2D eigenvalue weighted by Crippen LogP contribution is -2.64. The van der Waals surface area contributed by atoms with Crippen LogP contribution in [0.3, 0.4) is 0 Å². The highest BCUT2D eigenvalue weighted by molar-refractivity contribution is 4.97. The summed E-state index contributed by atoms with van der Waals surface area (Å²) in [7, 11) is 0. The maximum atomic E-state index is 3.87. The van der Waals surface area contributed by atoms with Crippen LogP contribution in [0.4, 0.5) is 0 Å². The van der Waals surface area contributed by atoms with Gasteiger partial charge in [0, 0.05) is 31.2 Å². The summed E-state index contributed by atoms with van der Waals surface area (Å²) >= 11 is 0. The molecule has 21 heavy (non-hydrogen) atoms. The Morgan fingerprint density at radius 2 is 1.52 bits per heavy atom. The molecule has 0 amide bonds. The quantitative estimate of drug-likeness (QED) is 0.779. The summed E-state index contributed by atoms with van der Waals surface area (Å²) in [5.41, 5.74) is 0.381. The molecule has 0 spiro atoms. The summed E-state index contributed by atoms with van der Waals surface area (Å²) in [6.45, 7) is 13.3. The number of hydrogen-bond donors (Lipinski definition) is 1. The van der Waals surface area contributed by atoms with Crippen molar-refractivity contribution < 1.29 is 0 Å². The predicted molar refractivity (Wildman–Crippen MR) is 92.7 cm³/mol. The second-order valence-electron chi connectivity index (χ2n) is 7.65. The van der Waals surface area contributed by atoms with Gasteiger partial charge in [0.25, 0.3) is 0 Å². The smallest absolute Gasteiger partial charge is 0.0304 e. The number of nitrogens with zero attached hydrogens (tertiary/aromatic N) is 1. The molecule has 0 aromatic rings. The van der Waals surface area contributed by atoms with E-state index >= 15 is 0 Å². The number of rotatable bonds is 6. The highest BCUT2D eigenvalue weighted by Crippen LogP contribution is 2.33. The SMILES string of the molecule is CCC1CCC(CN2CC(CC)(CC)NCC2CC)CC1. The van der Waals surface area contributed by atoms with Crippen LogP contribution in [0.2, 0.25) is 0 Å². The lowest BCUT2D eigenvalue weighted by atomic mass is 9.80. The minimum atomic E-state index is 0.381. The highest BCUT2D eigenvalue weighted by Gasteiger charge is 2.37. The summed E-state index contributed by atoms with van der Waals surface area (Å²) in [5, 5.41) is 3.87. The first-order valence-electron chi connectivity index (χ1n) is 9.65. The van der Waals surface area contributed by atoms with E-state index in [4.69, 9.17) is 0 Å². The Bertz CT molecular complexity index is 290. The van der Waals surface area contributed by atoms with Gasteiger partial charge in [0.1, 0.15) is 0 Å². The average Bonchev–Trinajstić information content (AvgIpc) is 2.55. The summed E-state index contributed by atoms with van der Waals surface area (Å²) in [5.74, 6) is 1.99. The number of piperazine rings is 1. The Kier molecular flexibility index (Phi) is 6.55. The van der Waals surface area contributed by atoms with Crippen LogP contribution in [0.25, 0.3) is 0 Å². The molecule has 124 valence electrons. The van der Waals surface area contributed by atoms with Gasteiger partial charge >= 0.3 is 0 Å². The second-order valence-corrected chi connectivity index (χ2v) is 7.65. The van der Waals surface area contributed by atoms with E-state index in [0.717, 1.165) is 17.9 Å². The van der Waals surface area contributed by atoms with E-state index in [9.17, 15) is 0 Å². The Morgan fingerprint density at radius 1 is 0.905 bits per heavy atom. The van der Waals surface area contributed by atoms with Crippen molar-refractivity contribution >= 4 is 0 Å². The van der Waals surface area contributed by atoms with Crippen molar-refractivity contribution in [3.8, 4) is 0 Å². The van der Waals surface area contributed by atoms with Crippen molar-refractivity contribution in [2.45, 2.75) is 90.6 Å². The van der Waals surface area contributed by atoms with Crippen molar-refractivity contribution in [2.75, 3.05) is 19.6 Å². The Labute approximate surface area is 133 Å². The third kappa shape index (κ3) is 4.22. The monoisotopic (exact) mass is 294 g/mol. The third-order valence-electron chi connectivity index (χ3n) is 6.60. The van der Waals surface area contributed by atoms with Gasteiger partial charge in [-0.2, -0.15) is 0 Å². The van der Waals surface area contributed by atoms with Crippen LogP contribution in [0.15, 0.2) is 0 Å². The molecule has 2 rings (SSSR count). The van der Waals surface area contributed by atoms with Crippen molar-refractivity contribution in [3.05, 3.63) is 0 Å². The van der Waals surface area contributed by atoms with Crippen LogP contribution in [-0.4, -0.2) is 36.1 Å². The molecule has 1 atom stereocenters. The molecule has 1 saturated carbocycles. The molecular weight excluding hydrogens is 256 g/mol. The molecule has 1 saturated heterocycles. The van der Waals surface area contributed by atoms with Gasteiger partial charge in [0.2, 0.25) is 0 Å². The van der Waals surface area contributed by atoms with Gasteiger partial charge in [-0.3, -0.25) is 4.90 Å². The zero-order valence-corrected chi connectivity index (χ0v) is 15.0. The largest absolute Gasteiger partial charge is 0.308 e. The van der Waals surface area contributed by atoms with E-state index in [-0.39, 0.29) is 0 Å². The molecule has 1 unspecified atom stereocenters. The topological polar surface area (TPSA) is 15.3 Å². The molecule has 0 bridgehead atoms. The third-order valence-corrected chi connectivity index (χ3v) is 6.60. The molecular formula is C19H38N2. The van der Waals surface area contributed by atoms with Crippen LogP contribution in [0.1, 0.15) is 79.1 Å². The standard InChI is InChI=1S/C19H38N2/c1-5-16-9-11-17(12-10-16)14-21-15-19(7-3,8-4)20-13-18(21)6-2/h16-18,20H,5-15H2,1-4H3. The van der Waals surface area contributed by atoms with Gasteiger partial charge in [0.15, 0.2) is 0 Å². The molecule has 2 aliphatic rings. The minimum Gasteiger partial charge on any atom is -0.308 e. The first-order valence-corrected chi connectivity index (χ1v) is 9.65. The lowest BCUT2D eigenvalue weighted by molar-refractivity contribution is 0.0487. The molecule has 1 heterocycles. The fourth-order valence-electron chi connectivity index (χ4n) is 4.53. The molecule has 0 radical (unpaired) electrons. The Hall–Kier alpha value is -0.0800. The summed E-state index contributed by atoms with van der Waals surface area (Å²) in [4.78, 5) is 2.85. The number of hydrogen-bond acceptors (Lipinski definition) is 2. The zero-order chi connectivity index (χ0) is 15.3. The van der Waals surface area contributed by atoms with Gasteiger partial charge in [-0.25, -0.2) is 0 Å². The summed E-state index contributed by atoms with van der Waals surface area (Å²) in [6.07, 6.45) is 11.1. The molecule has 2 heteroatoms. The fourth-order valence-corrected chi connectivity index (χ4v) is 4.53. The molecule has 1 aliphatic carbocycles. The van der Waals surface area contributed by atoms with Crippen LogP contribution < -0.4 is 5.32 Å². The van der Waals surface area contributed by atoms with E-state index in [1.54, 1.807) is 0 Å². The predicted octanol–water partition coefficient (Wildman–Crippen LogP) is 4.45. The second kappa shape index (κ2) is 7.97. The van der Waals surface area contributed by atoms with Gasteiger partial charge in [-0.15, -0.1) is 0 Å². The minimum absolute atomic E-state index is 0.381. The number of nitrogens with one attached hydrogen (secondary N) is 1. The van der Waals surface area contributed by atoms with E-state index < -0.39 is 0 Å². The van der Waals surface area contributed by atoms with Gasteiger partial charge in [0.05, 0.1) is 0 Å². The summed E-state index contributed by atoms with van der Waals surface area (Å²) < 4.78 is 0. The Morgan fingerprint density at radius 3 is 2.05 bits per heavy atom. The van der Waals surface area contributed by atoms with Gasteiger partial charge < -0.3 is 5.32 Å². The normalized spacial score (nSPS) is 34.0. The van der Waals surface area contributed by atoms with Gasteiger partial charge in [-0.1, -0.05) is 47.0 Å². The van der Waals surface area contributed by atoms with Crippen LogP contribution in [-0.2, 0) is 0 Å². The van der Waals surface area contributed by atoms with Crippen LogP contribution >= 0.6 is 0 Å². The zero-order valence-electron chi connectivity index (χ0n) is 15.0. The average molecular weight is 295 g/mol. The molecule has 2 fully saturated rings. The van der Waals surface area contributed by atoms with E-state index in [1.807, 2.05) is 0 Å². The van der Waals surface area contributed by atoms with E-state index in [0.29, 0.717) is 5.54 Å². The highest BCUT2D eigenvalue weighted by atomic mass is 15.3. The van der Waals surface area contributed by atoms with Crippen molar-refractivity contribution in [1.29, 1.82) is 0 Å². The molecule has 0 aromatic heterocycles. The fraction of sp³-hybridized carbons (Fsp3) is 1.00. The lowest BCUT2D eigenvalue weighted by Gasteiger charge is -2.49. The van der Waals surface area contributed by atoms with Gasteiger partial charge in [-0.05, 0) is 43.9 Å². The first-order chi connectivity index (χ1) is 10.2. The van der Waals surface area contributed by atoms with Crippen molar-refractivity contribution in [1.82, 2.24) is 10.2 Å². The van der Waals surface area contributed by atoms with Crippen molar-refractivity contribution in [3.63, 3.8) is 0 Å². The van der Waals surface area contributed by atoms with E-state index in [2.05, 4.69) is 37.9 Å². The molecule has 1 aliphatic heterocycles. The maximum Gasteiger partial charge on any atom is 0.0304 e. The molecule has 0 aromatic carbocycles.